The van der Waals surface area contributed by atoms with Crippen molar-refractivity contribution < 1.29 is 22.7 Å². The third-order valence-corrected chi connectivity index (χ3v) is 6.69. The highest BCUT2D eigenvalue weighted by atomic mass is 32.2. The van der Waals surface area contributed by atoms with Crippen LogP contribution in [0, 0.1) is 0 Å². The Morgan fingerprint density at radius 2 is 1.48 bits per heavy atom. The molecule has 3 aromatic rings. The maximum atomic E-state index is 13.2. The first-order chi connectivity index (χ1) is 15.8. The molecule has 0 aliphatic heterocycles. The van der Waals surface area contributed by atoms with Crippen LogP contribution in [0.1, 0.15) is 24.1 Å². The molecule has 33 heavy (non-hydrogen) atoms. The third-order valence-electron chi connectivity index (χ3n) is 5.22. The molecule has 0 bridgehead atoms. The maximum absolute atomic E-state index is 13.2. The highest BCUT2D eigenvalue weighted by molar-refractivity contribution is 7.89. The standard InChI is InChI=1S/C25H28N2O5S/c1-18(20-12-8-5-9-13-20)26-25(28)22(16-19-10-6-4-7-11-19)27-33(29,30)21-14-15-23(31-2)24(17-21)32-3/h4-15,17-18,22,27H,16H2,1-3H3,(H,26,28)/t18-,22+/m1/s1. The zero-order chi connectivity index (χ0) is 23.8. The monoisotopic (exact) mass is 468 g/mol. The number of carbonyl (C=O) groups is 1. The fourth-order valence-electron chi connectivity index (χ4n) is 3.42. The van der Waals surface area contributed by atoms with Gasteiger partial charge in [-0.2, -0.15) is 4.72 Å². The van der Waals surface area contributed by atoms with Crippen molar-refractivity contribution in [2.75, 3.05) is 14.2 Å². The van der Waals surface area contributed by atoms with Gasteiger partial charge in [0.2, 0.25) is 15.9 Å². The van der Waals surface area contributed by atoms with Crippen LogP contribution in [0.2, 0.25) is 0 Å². The summed E-state index contributed by atoms with van der Waals surface area (Å²) in [5.41, 5.74) is 1.76. The predicted molar refractivity (Wildman–Crippen MR) is 127 cm³/mol. The average Bonchev–Trinajstić information content (AvgIpc) is 2.84. The number of rotatable bonds is 10. The zero-order valence-electron chi connectivity index (χ0n) is 18.8. The summed E-state index contributed by atoms with van der Waals surface area (Å²) in [7, 11) is -1.13. The number of amides is 1. The fourth-order valence-corrected chi connectivity index (χ4v) is 4.63. The van der Waals surface area contributed by atoms with Gasteiger partial charge in [0.15, 0.2) is 11.5 Å². The summed E-state index contributed by atoms with van der Waals surface area (Å²) in [6, 6.07) is 21.7. The number of carbonyl (C=O) groups excluding carboxylic acids is 1. The minimum atomic E-state index is -4.03. The van der Waals surface area contributed by atoms with Crippen LogP contribution in [0.25, 0.3) is 0 Å². The van der Waals surface area contributed by atoms with Gasteiger partial charge >= 0.3 is 0 Å². The largest absolute Gasteiger partial charge is 0.493 e. The second kappa shape index (κ2) is 11.0. The first-order valence-electron chi connectivity index (χ1n) is 10.5. The third kappa shape index (κ3) is 6.34. The van der Waals surface area contributed by atoms with E-state index in [1.807, 2.05) is 67.6 Å². The van der Waals surface area contributed by atoms with Gasteiger partial charge in [0, 0.05) is 6.07 Å². The number of hydrogen-bond donors (Lipinski definition) is 2. The van der Waals surface area contributed by atoms with E-state index in [4.69, 9.17) is 9.47 Å². The predicted octanol–water partition coefficient (Wildman–Crippen LogP) is 3.47. The Hall–Kier alpha value is -3.36. The molecule has 2 atom stereocenters. The molecule has 1 amide bonds. The Kier molecular flexibility index (Phi) is 8.08. The number of methoxy groups -OCH3 is 2. The highest BCUT2D eigenvalue weighted by Gasteiger charge is 2.28. The van der Waals surface area contributed by atoms with Crippen LogP contribution < -0.4 is 19.5 Å². The Morgan fingerprint density at radius 3 is 2.09 bits per heavy atom. The molecule has 0 aliphatic carbocycles. The van der Waals surface area contributed by atoms with Crippen LogP contribution in [-0.2, 0) is 21.2 Å². The van der Waals surface area contributed by atoms with E-state index < -0.39 is 22.0 Å². The summed E-state index contributed by atoms with van der Waals surface area (Å²) in [6.45, 7) is 1.86. The SMILES string of the molecule is COc1ccc(S(=O)(=O)N[C@@H](Cc2ccccc2)C(=O)N[C@H](C)c2ccccc2)cc1OC. The molecule has 0 aliphatic rings. The van der Waals surface area contributed by atoms with Gasteiger partial charge in [0.05, 0.1) is 25.2 Å². The van der Waals surface area contributed by atoms with Gasteiger partial charge in [-0.1, -0.05) is 60.7 Å². The van der Waals surface area contributed by atoms with Crippen molar-refractivity contribution in [1.29, 1.82) is 0 Å². The van der Waals surface area contributed by atoms with Crippen molar-refractivity contribution in [2.45, 2.75) is 30.3 Å². The summed E-state index contributed by atoms with van der Waals surface area (Å²) >= 11 is 0. The lowest BCUT2D eigenvalue weighted by Crippen LogP contribution is -2.48. The Morgan fingerprint density at radius 1 is 0.879 bits per heavy atom. The Balaban J connectivity index is 1.86. The number of nitrogens with one attached hydrogen (secondary N) is 2. The molecule has 2 N–H and O–H groups in total. The molecule has 0 radical (unpaired) electrons. The highest BCUT2D eigenvalue weighted by Crippen LogP contribution is 2.29. The van der Waals surface area contributed by atoms with Crippen molar-refractivity contribution in [3.05, 3.63) is 90.0 Å². The molecule has 0 aromatic heterocycles. The van der Waals surface area contributed by atoms with Gasteiger partial charge in [-0.25, -0.2) is 8.42 Å². The van der Waals surface area contributed by atoms with Crippen molar-refractivity contribution in [3.63, 3.8) is 0 Å². The van der Waals surface area contributed by atoms with Gasteiger partial charge in [-0.05, 0) is 36.6 Å². The summed E-state index contributed by atoms with van der Waals surface area (Å²) in [4.78, 5) is 13.2. The van der Waals surface area contributed by atoms with Gasteiger partial charge in [-0.3, -0.25) is 4.79 Å². The minimum absolute atomic E-state index is 0.0258. The van der Waals surface area contributed by atoms with Crippen LogP contribution in [0.4, 0.5) is 0 Å². The summed E-state index contributed by atoms with van der Waals surface area (Å²) < 4.78 is 39.3. The molecule has 0 spiro atoms. The average molecular weight is 469 g/mol. The van der Waals surface area contributed by atoms with Crippen molar-refractivity contribution in [2.24, 2.45) is 0 Å². The summed E-state index contributed by atoms with van der Waals surface area (Å²) in [5, 5.41) is 2.92. The molecule has 8 heteroatoms. The van der Waals surface area contributed by atoms with E-state index in [0.717, 1.165) is 11.1 Å². The molecule has 0 saturated heterocycles. The minimum Gasteiger partial charge on any atom is -0.493 e. The molecule has 0 saturated carbocycles. The smallest absolute Gasteiger partial charge is 0.241 e. The van der Waals surface area contributed by atoms with E-state index in [1.165, 1.54) is 32.4 Å². The van der Waals surface area contributed by atoms with Crippen molar-refractivity contribution in [3.8, 4) is 11.5 Å². The molecule has 7 nitrogen and oxygen atoms in total. The van der Waals surface area contributed by atoms with Crippen LogP contribution >= 0.6 is 0 Å². The second-order valence-electron chi connectivity index (χ2n) is 7.52. The van der Waals surface area contributed by atoms with Gasteiger partial charge in [0.1, 0.15) is 6.04 Å². The molecule has 174 valence electrons. The van der Waals surface area contributed by atoms with E-state index in [9.17, 15) is 13.2 Å². The first-order valence-corrected chi connectivity index (χ1v) is 12.0. The van der Waals surface area contributed by atoms with Crippen LogP contribution in [0.15, 0.2) is 83.8 Å². The lowest BCUT2D eigenvalue weighted by atomic mass is 10.0. The summed E-state index contributed by atoms with van der Waals surface area (Å²) in [6.07, 6.45) is 0.195. The van der Waals surface area contributed by atoms with Crippen LogP contribution in [0.3, 0.4) is 0 Å². The molecule has 3 rings (SSSR count). The topological polar surface area (TPSA) is 93.7 Å². The molecular formula is C25H28N2O5S. The van der Waals surface area contributed by atoms with Crippen molar-refractivity contribution >= 4 is 15.9 Å². The van der Waals surface area contributed by atoms with Gasteiger partial charge < -0.3 is 14.8 Å². The molecule has 3 aromatic carbocycles. The van der Waals surface area contributed by atoms with E-state index in [-0.39, 0.29) is 23.1 Å². The first kappa shape index (κ1) is 24.3. The van der Waals surface area contributed by atoms with Gasteiger partial charge in [0.25, 0.3) is 0 Å². The van der Waals surface area contributed by atoms with Crippen molar-refractivity contribution in [1.82, 2.24) is 10.0 Å². The van der Waals surface area contributed by atoms with E-state index in [0.29, 0.717) is 5.75 Å². The number of benzene rings is 3. The fraction of sp³-hybridized carbons (Fsp3) is 0.240. The molecule has 0 heterocycles. The quantitative estimate of drug-likeness (QED) is 0.475. The van der Waals surface area contributed by atoms with Gasteiger partial charge in [-0.15, -0.1) is 0 Å². The lowest BCUT2D eigenvalue weighted by molar-refractivity contribution is -0.123. The number of ether oxygens (including phenoxy) is 2. The number of hydrogen-bond acceptors (Lipinski definition) is 5. The Bertz CT molecular complexity index is 1170. The molecular weight excluding hydrogens is 440 g/mol. The zero-order valence-corrected chi connectivity index (χ0v) is 19.6. The lowest BCUT2D eigenvalue weighted by Gasteiger charge is -2.22. The molecule has 0 fully saturated rings. The Labute approximate surface area is 194 Å². The van der Waals surface area contributed by atoms with Crippen LogP contribution in [-0.4, -0.2) is 34.6 Å². The van der Waals surface area contributed by atoms with E-state index >= 15 is 0 Å². The second-order valence-corrected chi connectivity index (χ2v) is 9.24. The van der Waals surface area contributed by atoms with E-state index in [2.05, 4.69) is 10.0 Å². The molecule has 0 unspecified atom stereocenters. The maximum Gasteiger partial charge on any atom is 0.241 e. The summed E-state index contributed by atoms with van der Waals surface area (Å²) in [5.74, 6) is 0.271. The van der Waals surface area contributed by atoms with E-state index in [1.54, 1.807) is 0 Å². The van der Waals surface area contributed by atoms with Crippen LogP contribution in [0.5, 0.6) is 11.5 Å². The number of sulfonamides is 1. The normalized spacial score (nSPS) is 13.1.